The van der Waals surface area contributed by atoms with E-state index in [2.05, 4.69) is 174 Å². The Hall–Kier alpha value is -5.80. The molecule has 6 aromatic carbocycles. The lowest BCUT2D eigenvalue weighted by atomic mass is 9.94. The summed E-state index contributed by atoms with van der Waals surface area (Å²) < 4.78 is 6.62. The van der Waals surface area contributed by atoms with Crippen molar-refractivity contribution in [2.24, 2.45) is 0 Å². The minimum absolute atomic E-state index is 0.359. The number of furan rings is 1. The summed E-state index contributed by atoms with van der Waals surface area (Å²) in [6, 6.07) is 56.7. The average molecular weight is 607 g/mol. The third-order valence-electron chi connectivity index (χ3n) is 9.64. The van der Waals surface area contributed by atoms with E-state index in [-0.39, 0.29) is 0 Å². The van der Waals surface area contributed by atoms with Crippen molar-refractivity contribution in [3.05, 3.63) is 170 Å². The summed E-state index contributed by atoms with van der Waals surface area (Å²) in [7, 11) is 0. The Kier molecular flexibility index (Phi) is 6.75. The molecule has 226 valence electrons. The number of anilines is 5. The molecule has 2 aliphatic rings. The lowest BCUT2D eigenvalue weighted by Crippen LogP contribution is -2.28. The first-order valence-electron chi connectivity index (χ1n) is 16.5. The van der Waals surface area contributed by atoms with E-state index in [4.69, 9.17) is 4.42 Å². The van der Waals surface area contributed by atoms with E-state index >= 15 is 0 Å². The van der Waals surface area contributed by atoms with Crippen molar-refractivity contribution in [1.29, 1.82) is 0 Å². The number of hydrogen-bond donors (Lipinski definition) is 0. The van der Waals surface area contributed by atoms with Gasteiger partial charge in [-0.2, -0.15) is 0 Å². The highest BCUT2D eigenvalue weighted by molar-refractivity contribution is 5.99. The molecule has 47 heavy (non-hydrogen) atoms. The highest BCUT2D eigenvalue weighted by atomic mass is 16.3. The fourth-order valence-electron chi connectivity index (χ4n) is 7.39. The Morgan fingerprint density at radius 1 is 0.596 bits per heavy atom. The zero-order chi connectivity index (χ0) is 31.2. The normalized spacial score (nSPS) is 15.3. The lowest BCUT2D eigenvalue weighted by molar-refractivity contribution is 0.562. The van der Waals surface area contributed by atoms with Crippen LogP contribution >= 0.6 is 0 Å². The van der Waals surface area contributed by atoms with Crippen molar-refractivity contribution in [1.82, 2.24) is 0 Å². The molecule has 7 aromatic rings. The number of hydrogen-bond acceptors (Lipinski definition) is 3. The third kappa shape index (κ3) is 4.83. The molecule has 1 aliphatic heterocycles. The van der Waals surface area contributed by atoms with E-state index in [1.165, 1.54) is 45.3 Å². The monoisotopic (exact) mass is 606 g/mol. The number of benzene rings is 6. The maximum atomic E-state index is 6.62. The smallest absolute Gasteiger partial charge is 0.156 e. The first-order chi connectivity index (χ1) is 23.3. The molecule has 2 heterocycles. The van der Waals surface area contributed by atoms with Gasteiger partial charge in [0.25, 0.3) is 0 Å². The quantitative estimate of drug-likeness (QED) is 0.188. The second kappa shape index (κ2) is 11.5. The highest BCUT2D eigenvalue weighted by Gasteiger charge is 2.39. The van der Waals surface area contributed by atoms with Crippen molar-refractivity contribution in [2.45, 2.75) is 25.3 Å². The molecule has 0 saturated heterocycles. The van der Waals surface area contributed by atoms with E-state index < -0.39 is 0 Å². The molecule has 0 fully saturated rings. The molecular formula is C44H34N2O. The van der Waals surface area contributed by atoms with E-state index in [9.17, 15) is 0 Å². The first kappa shape index (κ1) is 27.5. The summed E-state index contributed by atoms with van der Waals surface area (Å²) in [5.41, 5.74) is 10.6. The van der Waals surface area contributed by atoms with Gasteiger partial charge >= 0.3 is 0 Å². The molecular weight excluding hydrogens is 572 g/mol. The number of para-hydroxylation sites is 2. The molecule has 3 heteroatoms. The fraction of sp³-hybridized carbons (Fsp3) is 0.0909. The maximum Gasteiger partial charge on any atom is 0.156 e. The van der Waals surface area contributed by atoms with Crippen LogP contribution in [0.5, 0.6) is 0 Å². The highest BCUT2D eigenvalue weighted by Crippen LogP contribution is 2.51. The molecule has 0 spiro atoms. The number of fused-ring (bicyclic) bond motifs is 4. The van der Waals surface area contributed by atoms with Crippen LogP contribution in [0.15, 0.2) is 168 Å². The van der Waals surface area contributed by atoms with Crippen LogP contribution < -0.4 is 9.80 Å². The summed E-state index contributed by atoms with van der Waals surface area (Å²) in [5, 5.41) is 2.46. The molecule has 3 nitrogen and oxygen atoms in total. The van der Waals surface area contributed by atoms with E-state index in [0.29, 0.717) is 6.04 Å². The van der Waals surface area contributed by atoms with E-state index in [1.807, 2.05) is 0 Å². The second-order valence-corrected chi connectivity index (χ2v) is 12.4. The van der Waals surface area contributed by atoms with E-state index in [0.717, 1.165) is 47.0 Å². The first-order valence-corrected chi connectivity index (χ1v) is 16.5. The summed E-state index contributed by atoms with van der Waals surface area (Å²) in [4.78, 5) is 4.82. The Bertz CT molecular complexity index is 2210. The molecule has 0 radical (unpaired) electrons. The molecule has 1 atom stereocenters. The number of nitrogens with zero attached hydrogens (tertiary/aromatic N) is 2. The Balaban J connectivity index is 1.03. The van der Waals surface area contributed by atoms with Gasteiger partial charge in [0.15, 0.2) is 5.76 Å². The van der Waals surface area contributed by atoms with Crippen molar-refractivity contribution in [2.75, 3.05) is 9.80 Å². The predicted molar refractivity (Wildman–Crippen MR) is 196 cm³/mol. The van der Waals surface area contributed by atoms with Gasteiger partial charge in [-0.05, 0) is 78.2 Å². The van der Waals surface area contributed by atoms with Crippen molar-refractivity contribution in [3.63, 3.8) is 0 Å². The van der Waals surface area contributed by atoms with Gasteiger partial charge < -0.3 is 14.2 Å². The minimum Gasteiger partial charge on any atom is -0.454 e. The SMILES string of the molecule is C1=C2c3oc(-c4ccc(-c5ccc(N(c6ccccc6)c6cccc7ccccc67)cc5)cc4)cc3N(c3ccccc3)C2CCC1. The Morgan fingerprint density at radius 3 is 2.02 bits per heavy atom. The zero-order valence-corrected chi connectivity index (χ0v) is 26.1. The van der Waals surface area contributed by atoms with Gasteiger partial charge in [-0.3, -0.25) is 0 Å². The van der Waals surface area contributed by atoms with Crippen LogP contribution in [0.1, 0.15) is 25.0 Å². The largest absolute Gasteiger partial charge is 0.454 e. The van der Waals surface area contributed by atoms with Gasteiger partial charge in [-0.1, -0.05) is 115 Å². The summed E-state index contributed by atoms with van der Waals surface area (Å²) in [5.74, 6) is 1.94. The van der Waals surface area contributed by atoms with Crippen LogP contribution in [-0.4, -0.2) is 6.04 Å². The van der Waals surface area contributed by atoms with Crippen LogP contribution in [0, 0.1) is 0 Å². The molecule has 1 aliphatic carbocycles. The zero-order valence-electron chi connectivity index (χ0n) is 26.1. The third-order valence-corrected chi connectivity index (χ3v) is 9.64. The molecule has 1 aromatic heterocycles. The number of rotatable bonds is 6. The standard InChI is InChI=1S/C44H34N2O/c1-3-14-35(15-4-1)45(40-21-11-13-33-12-7-8-18-38(33)40)37-28-26-32(27-29-37)31-22-24-34(25-23-31)43-30-42-44(47-43)39-19-9-10-20-41(39)46(42)36-16-5-2-6-17-36/h1-8,11-19,21-30,41H,9-10,20H2. The van der Waals surface area contributed by atoms with Crippen LogP contribution in [-0.2, 0) is 0 Å². The maximum absolute atomic E-state index is 6.62. The summed E-state index contributed by atoms with van der Waals surface area (Å²) in [6.45, 7) is 0. The van der Waals surface area contributed by atoms with Crippen molar-refractivity contribution >= 4 is 44.8 Å². The lowest BCUT2D eigenvalue weighted by Gasteiger charge is -2.29. The summed E-state index contributed by atoms with van der Waals surface area (Å²) in [6.07, 6.45) is 5.86. The van der Waals surface area contributed by atoms with Crippen LogP contribution in [0.4, 0.5) is 28.4 Å². The molecule has 0 bridgehead atoms. The van der Waals surface area contributed by atoms with Gasteiger partial charge in [0.05, 0.1) is 17.4 Å². The van der Waals surface area contributed by atoms with Gasteiger partial charge in [0, 0.05) is 39.7 Å². The molecule has 0 N–H and O–H groups in total. The fourth-order valence-corrected chi connectivity index (χ4v) is 7.39. The van der Waals surface area contributed by atoms with E-state index in [1.54, 1.807) is 0 Å². The molecule has 9 rings (SSSR count). The van der Waals surface area contributed by atoms with Crippen molar-refractivity contribution in [3.8, 4) is 22.5 Å². The Labute approximate surface area is 275 Å². The minimum atomic E-state index is 0.359. The van der Waals surface area contributed by atoms with Crippen molar-refractivity contribution < 1.29 is 4.42 Å². The van der Waals surface area contributed by atoms with Crippen LogP contribution in [0.2, 0.25) is 0 Å². The van der Waals surface area contributed by atoms with Gasteiger partial charge in [0.1, 0.15) is 5.76 Å². The predicted octanol–water partition coefficient (Wildman–Crippen LogP) is 12.3. The molecule has 0 saturated carbocycles. The Morgan fingerprint density at radius 2 is 1.23 bits per heavy atom. The van der Waals surface area contributed by atoms with Gasteiger partial charge in [-0.25, -0.2) is 0 Å². The molecule has 1 unspecified atom stereocenters. The van der Waals surface area contributed by atoms with Gasteiger partial charge in [-0.15, -0.1) is 0 Å². The molecule has 0 amide bonds. The van der Waals surface area contributed by atoms with Crippen LogP contribution in [0.3, 0.4) is 0 Å². The van der Waals surface area contributed by atoms with Gasteiger partial charge in [0.2, 0.25) is 0 Å². The second-order valence-electron chi connectivity index (χ2n) is 12.4. The number of allylic oxidation sites excluding steroid dienone is 1. The average Bonchev–Trinajstić information content (AvgIpc) is 3.71. The topological polar surface area (TPSA) is 19.6 Å². The van der Waals surface area contributed by atoms with Crippen LogP contribution in [0.25, 0.3) is 38.8 Å². The summed E-state index contributed by atoms with van der Waals surface area (Å²) >= 11 is 0.